The van der Waals surface area contributed by atoms with Crippen molar-refractivity contribution in [2.24, 2.45) is 5.92 Å². The molecule has 122 valence electrons. The molecule has 20 heavy (non-hydrogen) atoms. The van der Waals surface area contributed by atoms with E-state index in [0.29, 0.717) is 6.61 Å². The lowest BCUT2D eigenvalue weighted by Gasteiger charge is -2.36. The van der Waals surface area contributed by atoms with Crippen molar-refractivity contribution in [2.45, 2.75) is 33.2 Å². The normalized spacial score (nSPS) is 15.6. The van der Waals surface area contributed by atoms with E-state index in [4.69, 9.17) is 29.1 Å². The first-order chi connectivity index (χ1) is 9.27. The number of aliphatic hydroxyl groups excluding tert-OH is 1. The Balaban J connectivity index is 4.51. The van der Waals surface area contributed by atoms with Crippen LogP contribution in [0.4, 0.5) is 0 Å². The van der Waals surface area contributed by atoms with Gasteiger partial charge in [-0.2, -0.15) is 0 Å². The Bertz CT molecular complexity index is 282. The molecule has 1 atom stereocenters. The topological polar surface area (TPSA) is 115 Å². The third-order valence-electron chi connectivity index (χ3n) is 2.26. The van der Waals surface area contributed by atoms with Crippen molar-refractivity contribution in [3.8, 4) is 0 Å². The van der Waals surface area contributed by atoms with Gasteiger partial charge in [-0.15, -0.1) is 0 Å². The molecule has 0 aliphatic heterocycles. The molecular formula is C11H25O8P. The zero-order chi connectivity index (χ0) is 15.6. The largest absolute Gasteiger partial charge is 0.469 e. The molecule has 0 aromatic carbocycles. The minimum absolute atomic E-state index is 0.0290. The van der Waals surface area contributed by atoms with E-state index in [-0.39, 0.29) is 32.3 Å². The number of rotatable bonds is 12. The van der Waals surface area contributed by atoms with Crippen LogP contribution in [0, 0.1) is 5.92 Å². The molecule has 0 heterocycles. The van der Waals surface area contributed by atoms with Crippen molar-refractivity contribution in [3.63, 3.8) is 0 Å². The SMILES string of the molecule is CCCOC(OCCO)(OCCOP(=O)(O)O)C(C)C. The Hall–Kier alpha value is -0.0500. The summed E-state index contributed by atoms with van der Waals surface area (Å²) in [5.41, 5.74) is 0. The van der Waals surface area contributed by atoms with Crippen LogP contribution in [0.15, 0.2) is 0 Å². The first-order valence-electron chi connectivity index (χ1n) is 6.50. The number of phosphoric ester groups is 1. The van der Waals surface area contributed by atoms with Crippen LogP contribution in [0.25, 0.3) is 0 Å². The Morgan fingerprint density at radius 2 is 1.60 bits per heavy atom. The summed E-state index contributed by atoms with van der Waals surface area (Å²) in [4.78, 5) is 17.2. The fourth-order valence-corrected chi connectivity index (χ4v) is 1.71. The third kappa shape index (κ3) is 8.28. The van der Waals surface area contributed by atoms with Crippen LogP contribution < -0.4 is 0 Å². The molecular weight excluding hydrogens is 291 g/mol. The van der Waals surface area contributed by atoms with Crippen molar-refractivity contribution in [2.75, 3.05) is 33.0 Å². The first kappa shape index (κ1) is 19.9. The fraction of sp³-hybridized carbons (Fsp3) is 1.00. The predicted octanol–water partition coefficient (Wildman–Crippen LogP) is 0.858. The first-order valence-corrected chi connectivity index (χ1v) is 8.03. The van der Waals surface area contributed by atoms with Gasteiger partial charge in [0.1, 0.15) is 0 Å². The van der Waals surface area contributed by atoms with Crippen LogP contribution in [0.2, 0.25) is 0 Å². The predicted molar refractivity (Wildman–Crippen MR) is 70.8 cm³/mol. The van der Waals surface area contributed by atoms with Gasteiger partial charge in [0.25, 0.3) is 5.97 Å². The van der Waals surface area contributed by atoms with Gasteiger partial charge in [0.15, 0.2) is 0 Å². The Labute approximate surface area is 119 Å². The lowest BCUT2D eigenvalue weighted by molar-refractivity contribution is -0.402. The van der Waals surface area contributed by atoms with E-state index in [2.05, 4.69) is 4.52 Å². The maximum Gasteiger partial charge on any atom is 0.469 e. The minimum atomic E-state index is -4.52. The second kappa shape index (κ2) is 9.81. The molecule has 0 aromatic heterocycles. The summed E-state index contributed by atoms with van der Waals surface area (Å²) < 4.78 is 31.3. The van der Waals surface area contributed by atoms with E-state index in [9.17, 15) is 4.57 Å². The summed E-state index contributed by atoms with van der Waals surface area (Å²) in [6, 6.07) is 0. The summed E-state index contributed by atoms with van der Waals surface area (Å²) in [7, 11) is -4.52. The summed E-state index contributed by atoms with van der Waals surface area (Å²) >= 11 is 0. The zero-order valence-electron chi connectivity index (χ0n) is 12.2. The standard InChI is InChI=1S/C11H25O8P/c1-4-6-16-11(10(2)3,17-7-5-12)18-8-9-19-20(13,14)15/h10,12H,4-9H2,1-3H3,(H2,13,14,15). The number of aliphatic hydroxyl groups is 1. The molecule has 0 rings (SSSR count). The lowest BCUT2D eigenvalue weighted by Crippen LogP contribution is -2.46. The molecule has 0 amide bonds. The molecule has 0 spiro atoms. The average Bonchev–Trinajstić information content (AvgIpc) is 2.35. The highest BCUT2D eigenvalue weighted by Gasteiger charge is 2.37. The maximum atomic E-state index is 10.6. The summed E-state index contributed by atoms with van der Waals surface area (Å²) in [5, 5.41) is 8.85. The van der Waals surface area contributed by atoms with Gasteiger partial charge in [-0.05, 0) is 6.42 Å². The highest BCUT2D eigenvalue weighted by Crippen LogP contribution is 2.35. The van der Waals surface area contributed by atoms with Crippen LogP contribution in [-0.4, -0.2) is 53.9 Å². The Morgan fingerprint density at radius 1 is 1.05 bits per heavy atom. The maximum absolute atomic E-state index is 10.6. The van der Waals surface area contributed by atoms with Gasteiger partial charge in [0.2, 0.25) is 0 Å². The number of hydrogen-bond acceptors (Lipinski definition) is 6. The third-order valence-corrected chi connectivity index (χ3v) is 2.77. The average molecular weight is 316 g/mol. The number of ether oxygens (including phenoxy) is 3. The second-order valence-electron chi connectivity index (χ2n) is 4.35. The zero-order valence-corrected chi connectivity index (χ0v) is 13.0. The molecule has 3 N–H and O–H groups in total. The lowest BCUT2D eigenvalue weighted by atomic mass is 10.1. The highest BCUT2D eigenvalue weighted by atomic mass is 31.2. The fourth-order valence-electron chi connectivity index (χ4n) is 1.40. The smallest absolute Gasteiger partial charge is 0.394 e. The van der Waals surface area contributed by atoms with E-state index < -0.39 is 13.8 Å². The molecule has 0 saturated carbocycles. The summed E-state index contributed by atoms with van der Waals surface area (Å²) in [5.74, 6) is -1.55. The van der Waals surface area contributed by atoms with E-state index in [1.807, 2.05) is 20.8 Å². The van der Waals surface area contributed by atoms with Gasteiger partial charge in [-0.1, -0.05) is 20.8 Å². The monoisotopic (exact) mass is 316 g/mol. The number of phosphoric acid groups is 1. The van der Waals surface area contributed by atoms with Crippen LogP contribution in [0.5, 0.6) is 0 Å². The molecule has 0 saturated heterocycles. The quantitative estimate of drug-likeness (QED) is 0.276. The van der Waals surface area contributed by atoms with Gasteiger partial charge in [0, 0.05) is 5.92 Å². The molecule has 9 heteroatoms. The van der Waals surface area contributed by atoms with Crippen molar-refractivity contribution in [3.05, 3.63) is 0 Å². The minimum Gasteiger partial charge on any atom is -0.394 e. The van der Waals surface area contributed by atoms with Crippen LogP contribution >= 0.6 is 7.82 Å². The molecule has 0 aromatic rings. The van der Waals surface area contributed by atoms with E-state index in [0.717, 1.165) is 6.42 Å². The molecule has 0 aliphatic rings. The van der Waals surface area contributed by atoms with Crippen molar-refractivity contribution in [1.29, 1.82) is 0 Å². The van der Waals surface area contributed by atoms with Gasteiger partial charge in [0.05, 0.1) is 33.0 Å². The molecule has 0 fully saturated rings. The van der Waals surface area contributed by atoms with Crippen molar-refractivity contribution in [1.82, 2.24) is 0 Å². The van der Waals surface area contributed by atoms with Gasteiger partial charge in [-0.3, -0.25) is 4.52 Å². The van der Waals surface area contributed by atoms with Gasteiger partial charge < -0.3 is 29.1 Å². The van der Waals surface area contributed by atoms with E-state index in [1.165, 1.54) is 0 Å². The van der Waals surface area contributed by atoms with Gasteiger partial charge in [-0.25, -0.2) is 4.57 Å². The Kier molecular flexibility index (Phi) is 9.78. The molecule has 0 bridgehead atoms. The Morgan fingerprint density at radius 3 is 2.05 bits per heavy atom. The van der Waals surface area contributed by atoms with Crippen LogP contribution in [0.1, 0.15) is 27.2 Å². The summed E-state index contributed by atoms with van der Waals surface area (Å²) in [6.45, 7) is 5.38. The van der Waals surface area contributed by atoms with Crippen LogP contribution in [0.3, 0.4) is 0 Å². The second-order valence-corrected chi connectivity index (χ2v) is 5.59. The van der Waals surface area contributed by atoms with E-state index in [1.54, 1.807) is 0 Å². The van der Waals surface area contributed by atoms with E-state index >= 15 is 0 Å². The van der Waals surface area contributed by atoms with Crippen molar-refractivity contribution < 1.29 is 38.2 Å². The van der Waals surface area contributed by atoms with Crippen LogP contribution in [-0.2, 0) is 23.3 Å². The van der Waals surface area contributed by atoms with Gasteiger partial charge >= 0.3 is 7.82 Å². The summed E-state index contributed by atoms with van der Waals surface area (Å²) in [6.07, 6.45) is 0.749. The molecule has 0 aliphatic carbocycles. The molecule has 8 nitrogen and oxygen atoms in total. The molecule has 1 unspecified atom stereocenters. The van der Waals surface area contributed by atoms with Crippen molar-refractivity contribution >= 4 is 7.82 Å². The molecule has 0 radical (unpaired) electrons. The highest BCUT2D eigenvalue weighted by molar-refractivity contribution is 7.46. The number of hydrogen-bond donors (Lipinski definition) is 3.